The number of aryl methyl sites for hydroxylation is 1. The van der Waals surface area contributed by atoms with Crippen LogP contribution in [0.15, 0.2) is 24.3 Å². The van der Waals surface area contributed by atoms with Crippen molar-refractivity contribution in [1.82, 2.24) is 14.9 Å². The number of hydrogen-bond acceptors (Lipinski definition) is 2. The Morgan fingerprint density at radius 2 is 2.21 bits per heavy atom. The van der Waals surface area contributed by atoms with E-state index in [1.54, 1.807) is 0 Å². The van der Waals surface area contributed by atoms with Crippen LogP contribution in [0.1, 0.15) is 32.5 Å². The fourth-order valence-corrected chi connectivity index (χ4v) is 3.23. The van der Waals surface area contributed by atoms with E-state index in [1.165, 1.54) is 24.2 Å². The lowest BCUT2D eigenvalue weighted by atomic mass is 9.92. The van der Waals surface area contributed by atoms with Crippen LogP contribution < -0.4 is 5.32 Å². The van der Waals surface area contributed by atoms with Crippen LogP contribution in [-0.4, -0.2) is 22.1 Å². The number of fused-ring (bicyclic) bond motifs is 1. The summed E-state index contributed by atoms with van der Waals surface area (Å²) in [6, 6.07) is 9.04. The fourth-order valence-electron chi connectivity index (χ4n) is 3.23. The molecule has 1 aromatic carbocycles. The minimum Gasteiger partial charge on any atom is -0.328 e. The molecule has 0 amide bonds. The highest BCUT2D eigenvalue weighted by molar-refractivity contribution is 5.75. The molecule has 3 heteroatoms. The van der Waals surface area contributed by atoms with Gasteiger partial charge in [-0.15, -0.1) is 0 Å². The summed E-state index contributed by atoms with van der Waals surface area (Å²) < 4.78 is 2.36. The number of nitrogens with zero attached hydrogens (tertiary/aromatic N) is 2. The summed E-state index contributed by atoms with van der Waals surface area (Å²) in [5.41, 5.74) is 2.40. The van der Waals surface area contributed by atoms with Crippen LogP contribution in [0.2, 0.25) is 0 Å². The molecule has 1 saturated heterocycles. The average Bonchev–Trinajstić information content (AvgIpc) is 2.75. The van der Waals surface area contributed by atoms with Crippen molar-refractivity contribution in [1.29, 1.82) is 0 Å². The van der Waals surface area contributed by atoms with Crippen molar-refractivity contribution >= 4 is 11.0 Å². The van der Waals surface area contributed by atoms with Crippen molar-refractivity contribution in [3.63, 3.8) is 0 Å². The van der Waals surface area contributed by atoms with E-state index >= 15 is 0 Å². The second-order valence-electron chi connectivity index (χ2n) is 5.75. The smallest absolute Gasteiger partial charge is 0.111 e. The second kappa shape index (κ2) is 5.33. The first-order chi connectivity index (χ1) is 9.28. The molecule has 1 aliphatic rings. The SMILES string of the molecule is CCn1c(CC2CC(C)CCN2)nc2ccccc21. The van der Waals surface area contributed by atoms with E-state index in [4.69, 9.17) is 4.98 Å². The van der Waals surface area contributed by atoms with Gasteiger partial charge < -0.3 is 9.88 Å². The third-order valence-corrected chi connectivity index (χ3v) is 4.24. The molecule has 0 saturated carbocycles. The van der Waals surface area contributed by atoms with Gasteiger partial charge >= 0.3 is 0 Å². The Hall–Kier alpha value is -1.35. The van der Waals surface area contributed by atoms with Crippen molar-refractivity contribution in [3.05, 3.63) is 30.1 Å². The molecule has 2 atom stereocenters. The van der Waals surface area contributed by atoms with Crippen LogP contribution in [0.5, 0.6) is 0 Å². The van der Waals surface area contributed by atoms with E-state index in [-0.39, 0.29) is 0 Å². The van der Waals surface area contributed by atoms with E-state index in [9.17, 15) is 0 Å². The van der Waals surface area contributed by atoms with E-state index in [0.717, 1.165) is 30.9 Å². The van der Waals surface area contributed by atoms with Crippen molar-refractivity contribution in [2.45, 2.75) is 45.7 Å². The minimum absolute atomic E-state index is 0.589. The number of aromatic nitrogens is 2. The van der Waals surface area contributed by atoms with Gasteiger partial charge in [-0.2, -0.15) is 0 Å². The minimum atomic E-state index is 0.589. The molecule has 1 aromatic heterocycles. The van der Waals surface area contributed by atoms with Crippen LogP contribution >= 0.6 is 0 Å². The molecule has 1 fully saturated rings. The zero-order valence-corrected chi connectivity index (χ0v) is 11.9. The number of hydrogen-bond donors (Lipinski definition) is 1. The molecule has 19 heavy (non-hydrogen) atoms. The van der Waals surface area contributed by atoms with Gasteiger partial charge in [0, 0.05) is 19.0 Å². The van der Waals surface area contributed by atoms with Crippen LogP contribution in [0, 0.1) is 5.92 Å². The highest BCUT2D eigenvalue weighted by Gasteiger charge is 2.21. The molecule has 102 valence electrons. The molecule has 3 rings (SSSR count). The molecule has 2 heterocycles. The van der Waals surface area contributed by atoms with E-state index in [0.29, 0.717) is 6.04 Å². The van der Waals surface area contributed by atoms with Gasteiger partial charge in [-0.25, -0.2) is 4.98 Å². The molecule has 2 unspecified atom stereocenters. The van der Waals surface area contributed by atoms with Gasteiger partial charge in [0.05, 0.1) is 11.0 Å². The Bertz CT molecular complexity index is 558. The predicted octanol–water partition coefficient (Wildman–Crippen LogP) is 2.99. The van der Waals surface area contributed by atoms with Crippen LogP contribution in [0.4, 0.5) is 0 Å². The molecule has 0 bridgehead atoms. The fraction of sp³-hybridized carbons (Fsp3) is 0.562. The summed E-state index contributed by atoms with van der Waals surface area (Å²) in [6.45, 7) is 6.71. The largest absolute Gasteiger partial charge is 0.328 e. The number of rotatable bonds is 3. The first-order valence-corrected chi connectivity index (χ1v) is 7.45. The van der Waals surface area contributed by atoms with E-state index in [1.807, 2.05) is 0 Å². The molecule has 0 aliphatic carbocycles. The van der Waals surface area contributed by atoms with Gasteiger partial charge in [0.25, 0.3) is 0 Å². The molecule has 1 N–H and O–H groups in total. The average molecular weight is 257 g/mol. The molecule has 0 spiro atoms. The third-order valence-electron chi connectivity index (χ3n) is 4.24. The summed E-state index contributed by atoms with van der Waals surface area (Å²) in [7, 11) is 0. The maximum absolute atomic E-state index is 4.83. The van der Waals surface area contributed by atoms with Gasteiger partial charge in [-0.05, 0) is 44.4 Å². The molecule has 2 aromatic rings. The monoisotopic (exact) mass is 257 g/mol. The van der Waals surface area contributed by atoms with Gasteiger partial charge in [-0.1, -0.05) is 19.1 Å². The summed E-state index contributed by atoms with van der Waals surface area (Å²) in [6.07, 6.45) is 3.63. The zero-order valence-electron chi connectivity index (χ0n) is 11.9. The first kappa shape index (κ1) is 12.7. The quantitative estimate of drug-likeness (QED) is 0.916. The Labute approximate surface area is 115 Å². The van der Waals surface area contributed by atoms with Gasteiger partial charge in [0.2, 0.25) is 0 Å². The topological polar surface area (TPSA) is 29.9 Å². The normalized spacial score (nSPS) is 23.9. The summed E-state index contributed by atoms with van der Waals surface area (Å²) in [4.78, 5) is 4.83. The van der Waals surface area contributed by atoms with Crippen LogP contribution in [0.25, 0.3) is 11.0 Å². The van der Waals surface area contributed by atoms with Gasteiger partial charge in [-0.3, -0.25) is 0 Å². The van der Waals surface area contributed by atoms with Crippen molar-refractivity contribution in [3.8, 4) is 0 Å². The number of nitrogens with one attached hydrogen (secondary N) is 1. The van der Waals surface area contributed by atoms with Crippen molar-refractivity contribution < 1.29 is 0 Å². The summed E-state index contributed by atoms with van der Waals surface area (Å²) in [5.74, 6) is 2.07. The van der Waals surface area contributed by atoms with E-state index < -0.39 is 0 Å². The van der Waals surface area contributed by atoms with Crippen molar-refractivity contribution in [2.24, 2.45) is 5.92 Å². The van der Waals surface area contributed by atoms with Gasteiger partial charge in [0.15, 0.2) is 0 Å². The molecule has 0 radical (unpaired) electrons. The second-order valence-corrected chi connectivity index (χ2v) is 5.75. The Balaban J connectivity index is 1.87. The number of para-hydroxylation sites is 2. The Morgan fingerprint density at radius 3 is 3.00 bits per heavy atom. The van der Waals surface area contributed by atoms with E-state index in [2.05, 4.69) is 48.0 Å². The lowest BCUT2D eigenvalue weighted by Gasteiger charge is -2.28. The van der Waals surface area contributed by atoms with Crippen LogP contribution in [-0.2, 0) is 13.0 Å². The molecule has 3 nitrogen and oxygen atoms in total. The molecular formula is C16H23N3. The lowest BCUT2D eigenvalue weighted by Crippen LogP contribution is -2.39. The highest BCUT2D eigenvalue weighted by atomic mass is 15.1. The van der Waals surface area contributed by atoms with Gasteiger partial charge in [0.1, 0.15) is 5.82 Å². The zero-order chi connectivity index (χ0) is 13.2. The summed E-state index contributed by atoms with van der Waals surface area (Å²) >= 11 is 0. The predicted molar refractivity (Wildman–Crippen MR) is 79.3 cm³/mol. The molecule has 1 aliphatic heterocycles. The third kappa shape index (κ3) is 2.52. The first-order valence-electron chi connectivity index (χ1n) is 7.45. The van der Waals surface area contributed by atoms with Crippen LogP contribution in [0.3, 0.4) is 0 Å². The summed E-state index contributed by atoms with van der Waals surface area (Å²) in [5, 5.41) is 3.64. The highest BCUT2D eigenvalue weighted by Crippen LogP contribution is 2.21. The molecular weight excluding hydrogens is 234 g/mol. The maximum atomic E-state index is 4.83. The number of imidazole rings is 1. The standard InChI is InChI=1S/C16H23N3/c1-3-19-15-7-5-4-6-14(15)18-16(19)11-13-10-12(2)8-9-17-13/h4-7,12-13,17H,3,8-11H2,1-2H3. The maximum Gasteiger partial charge on any atom is 0.111 e. The number of piperidine rings is 1. The lowest BCUT2D eigenvalue weighted by molar-refractivity contribution is 0.314. The number of benzene rings is 1. The van der Waals surface area contributed by atoms with Crippen molar-refractivity contribution in [2.75, 3.05) is 6.54 Å². The Kier molecular flexibility index (Phi) is 3.56. The Morgan fingerprint density at radius 1 is 1.37 bits per heavy atom.